The average Bonchev–Trinajstić information content (AvgIpc) is 3.62. The molecule has 1 aliphatic carbocycles. The minimum Gasteiger partial charge on any atom is -0.507 e. The van der Waals surface area contributed by atoms with Crippen LogP contribution in [0.15, 0.2) is 72.8 Å². The molecule has 182 valence electrons. The molecule has 0 bridgehead atoms. The van der Waals surface area contributed by atoms with E-state index in [9.17, 15) is 19.1 Å². The Morgan fingerprint density at radius 2 is 1.75 bits per heavy atom. The fourth-order valence-electron chi connectivity index (χ4n) is 3.95. The Morgan fingerprint density at radius 3 is 2.42 bits per heavy atom. The van der Waals surface area contributed by atoms with Crippen molar-refractivity contribution in [3.8, 4) is 17.0 Å². The summed E-state index contributed by atoms with van der Waals surface area (Å²) >= 11 is 0. The summed E-state index contributed by atoms with van der Waals surface area (Å²) in [7, 11) is 0. The molecule has 0 aliphatic heterocycles. The zero-order chi connectivity index (χ0) is 25.2. The van der Waals surface area contributed by atoms with Crippen molar-refractivity contribution in [3.63, 3.8) is 0 Å². The molecule has 3 aromatic carbocycles. The molecule has 8 heteroatoms. The van der Waals surface area contributed by atoms with Crippen molar-refractivity contribution in [2.75, 3.05) is 5.32 Å². The molecule has 0 atom stereocenters. The van der Waals surface area contributed by atoms with E-state index in [2.05, 4.69) is 15.7 Å². The topological polar surface area (TPSA) is 96.3 Å². The van der Waals surface area contributed by atoms with Crippen LogP contribution in [0.4, 0.5) is 14.9 Å². The second-order valence-corrected chi connectivity index (χ2v) is 8.98. The van der Waals surface area contributed by atoms with Gasteiger partial charge >= 0.3 is 6.03 Å². The Hall–Kier alpha value is -4.46. The highest BCUT2D eigenvalue weighted by atomic mass is 19.1. The van der Waals surface area contributed by atoms with Crippen molar-refractivity contribution in [3.05, 3.63) is 101 Å². The van der Waals surface area contributed by atoms with Gasteiger partial charge in [-0.05, 0) is 67.8 Å². The number of amides is 2. The second kappa shape index (κ2) is 9.65. The van der Waals surface area contributed by atoms with E-state index >= 15 is 0 Å². The molecule has 1 aromatic heterocycles. The van der Waals surface area contributed by atoms with Crippen LogP contribution in [0.25, 0.3) is 11.3 Å². The highest BCUT2D eigenvalue weighted by Gasteiger charge is 2.30. The van der Waals surface area contributed by atoms with Gasteiger partial charge < -0.3 is 15.7 Å². The summed E-state index contributed by atoms with van der Waals surface area (Å²) in [4.78, 5) is 25.4. The summed E-state index contributed by atoms with van der Waals surface area (Å²) in [6, 6.07) is 19.4. The summed E-state index contributed by atoms with van der Waals surface area (Å²) in [6.07, 6.45) is 1.93. The van der Waals surface area contributed by atoms with Crippen LogP contribution in [-0.4, -0.2) is 26.8 Å². The number of hydrogen-bond acceptors (Lipinski definition) is 4. The molecular weight excluding hydrogens is 459 g/mol. The standard InChI is InChI=1S/C28H25FN4O3/c1-17-2-6-20(7-3-17)27(35)31-22-12-13-23(26(34)14-22)24-15-25(19-8-9-19)33(32-24)28(36)30-16-18-4-10-21(29)11-5-18/h2-7,10-15,19,34H,8-9,16H2,1H3,(H,30,36)(H,31,35). The van der Waals surface area contributed by atoms with Gasteiger partial charge in [0.1, 0.15) is 11.6 Å². The monoisotopic (exact) mass is 484 g/mol. The molecule has 2 amide bonds. The number of aryl methyl sites for hydroxylation is 1. The normalized spacial score (nSPS) is 12.8. The van der Waals surface area contributed by atoms with Gasteiger partial charge in [0.2, 0.25) is 0 Å². The first kappa shape index (κ1) is 23.3. The highest BCUT2D eigenvalue weighted by molar-refractivity contribution is 6.04. The van der Waals surface area contributed by atoms with E-state index in [0.29, 0.717) is 22.5 Å². The van der Waals surface area contributed by atoms with Gasteiger partial charge in [0, 0.05) is 35.3 Å². The third-order valence-electron chi connectivity index (χ3n) is 6.13. The van der Waals surface area contributed by atoms with Gasteiger partial charge in [-0.3, -0.25) is 4.79 Å². The molecule has 1 heterocycles. The van der Waals surface area contributed by atoms with Crippen LogP contribution < -0.4 is 10.6 Å². The first-order valence-corrected chi connectivity index (χ1v) is 11.7. The van der Waals surface area contributed by atoms with Crippen molar-refractivity contribution in [1.29, 1.82) is 0 Å². The number of rotatable bonds is 6. The third kappa shape index (κ3) is 5.12. The largest absolute Gasteiger partial charge is 0.507 e. The summed E-state index contributed by atoms with van der Waals surface area (Å²) in [6.45, 7) is 2.18. The first-order valence-electron chi connectivity index (χ1n) is 11.7. The molecule has 3 N–H and O–H groups in total. The quantitative estimate of drug-likeness (QED) is 0.332. The number of hydrogen-bond donors (Lipinski definition) is 3. The van der Waals surface area contributed by atoms with Gasteiger partial charge in [0.15, 0.2) is 0 Å². The van der Waals surface area contributed by atoms with E-state index in [-0.39, 0.29) is 29.9 Å². The predicted molar refractivity (Wildman–Crippen MR) is 134 cm³/mol. The molecule has 1 saturated carbocycles. The Bertz CT molecular complexity index is 1420. The van der Waals surface area contributed by atoms with Crippen molar-refractivity contribution >= 4 is 17.6 Å². The second-order valence-electron chi connectivity index (χ2n) is 8.98. The van der Waals surface area contributed by atoms with Gasteiger partial charge in [-0.1, -0.05) is 29.8 Å². The molecule has 36 heavy (non-hydrogen) atoms. The SMILES string of the molecule is Cc1ccc(C(=O)Nc2ccc(-c3cc(C4CC4)n(C(=O)NCc4ccc(F)cc4)n3)c(O)c2)cc1. The summed E-state index contributed by atoms with van der Waals surface area (Å²) in [5.74, 6) is -0.438. The lowest BCUT2D eigenvalue weighted by molar-refractivity contribution is 0.102. The van der Waals surface area contributed by atoms with Gasteiger partial charge in [0.25, 0.3) is 5.91 Å². The highest BCUT2D eigenvalue weighted by Crippen LogP contribution is 2.42. The number of halogens is 1. The zero-order valence-corrected chi connectivity index (χ0v) is 19.7. The van der Waals surface area contributed by atoms with E-state index in [1.54, 1.807) is 36.4 Å². The van der Waals surface area contributed by atoms with Gasteiger partial charge in [-0.2, -0.15) is 9.78 Å². The van der Waals surface area contributed by atoms with E-state index < -0.39 is 6.03 Å². The third-order valence-corrected chi connectivity index (χ3v) is 6.13. The maximum Gasteiger partial charge on any atom is 0.342 e. The fourth-order valence-corrected chi connectivity index (χ4v) is 3.95. The summed E-state index contributed by atoms with van der Waals surface area (Å²) < 4.78 is 14.5. The van der Waals surface area contributed by atoms with Crippen LogP contribution in [-0.2, 0) is 6.54 Å². The Balaban J connectivity index is 1.33. The molecule has 0 radical (unpaired) electrons. The molecule has 1 aliphatic rings. The van der Waals surface area contributed by atoms with Crippen LogP contribution in [0, 0.1) is 12.7 Å². The number of anilines is 1. The lowest BCUT2D eigenvalue weighted by atomic mass is 10.1. The van der Waals surface area contributed by atoms with E-state index in [4.69, 9.17) is 0 Å². The number of aromatic hydroxyl groups is 1. The number of carbonyl (C=O) groups excluding carboxylic acids is 2. The Kier molecular flexibility index (Phi) is 6.25. The molecule has 7 nitrogen and oxygen atoms in total. The van der Waals surface area contributed by atoms with Crippen LogP contribution in [0.2, 0.25) is 0 Å². The van der Waals surface area contributed by atoms with Gasteiger partial charge in [0.05, 0.1) is 11.4 Å². The van der Waals surface area contributed by atoms with Crippen LogP contribution in [0.5, 0.6) is 5.75 Å². The number of carbonyl (C=O) groups is 2. The lowest BCUT2D eigenvalue weighted by Gasteiger charge is -2.09. The molecule has 1 fully saturated rings. The Morgan fingerprint density at radius 1 is 1.03 bits per heavy atom. The maximum absolute atomic E-state index is 13.1. The van der Waals surface area contributed by atoms with Crippen LogP contribution >= 0.6 is 0 Å². The molecule has 4 aromatic rings. The number of nitrogens with one attached hydrogen (secondary N) is 2. The number of phenols is 1. The molecule has 0 unspecified atom stereocenters. The number of benzene rings is 3. The molecule has 0 spiro atoms. The van der Waals surface area contributed by atoms with Crippen LogP contribution in [0.3, 0.4) is 0 Å². The first-order chi connectivity index (χ1) is 17.4. The average molecular weight is 485 g/mol. The minimum atomic E-state index is -0.394. The Labute approximate surface area is 207 Å². The van der Waals surface area contributed by atoms with E-state index in [0.717, 1.165) is 29.7 Å². The van der Waals surface area contributed by atoms with Crippen molar-refractivity contribution in [2.45, 2.75) is 32.2 Å². The maximum atomic E-state index is 13.1. The van der Waals surface area contributed by atoms with E-state index in [1.165, 1.54) is 22.9 Å². The summed E-state index contributed by atoms with van der Waals surface area (Å²) in [5.41, 5.74) is 4.48. The fraction of sp³-hybridized carbons (Fsp3) is 0.179. The minimum absolute atomic E-state index is 0.0598. The predicted octanol–water partition coefficient (Wildman–Crippen LogP) is 5.59. The number of nitrogens with zero attached hydrogens (tertiary/aromatic N) is 2. The lowest BCUT2D eigenvalue weighted by Crippen LogP contribution is -2.30. The van der Waals surface area contributed by atoms with Gasteiger partial charge in [-0.25, -0.2) is 9.18 Å². The van der Waals surface area contributed by atoms with E-state index in [1.807, 2.05) is 25.1 Å². The van der Waals surface area contributed by atoms with Gasteiger partial charge in [-0.15, -0.1) is 0 Å². The number of aromatic nitrogens is 2. The number of phenolic OH excluding ortho intramolecular Hbond substituents is 1. The molecule has 0 saturated heterocycles. The van der Waals surface area contributed by atoms with Crippen molar-refractivity contribution in [1.82, 2.24) is 15.1 Å². The molecular formula is C28H25FN4O3. The van der Waals surface area contributed by atoms with Crippen molar-refractivity contribution in [2.24, 2.45) is 0 Å². The summed E-state index contributed by atoms with van der Waals surface area (Å²) in [5, 5.41) is 20.8. The zero-order valence-electron chi connectivity index (χ0n) is 19.7. The van der Waals surface area contributed by atoms with Crippen molar-refractivity contribution < 1.29 is 19.1 Å². The molecule has 5 rings (SSSR count). The van der Waals surface area contributed by atoms with Crippen LogP contribution in [0.1, 0.15) is 45.9 Å². The smallest absolute Gasteiger partial charge is 0.342 e.